The molecule has 1 aliphatic carbocycles. The average molecular weight is 341 g/mol. The summed E-state index contributed by atoms with van der Waals surface area (Å²) in [5.74, 6) is 0.0288. The number of ether oxygens (including phenoxy) is 1. The SMILES string of the molecule is O=C(OCC1c2ccccc2-c2ccccc21)n1nnc2ccccc21. The van der Waals surface area contributed by atoms with Gasteiger partial charge in [0.1, 0.15) is 17.6 Å². The molecule has 1 aliphatic rings. The second kappa shape index (κ2) is 5.81. The van der Waals surface area contributed by atoms with Gasteiger partial charge < -0.3 is 4.74 Å². The first-order chi connectivity index (χ1) is 12.8. The van der Waals surface area contributed by atoms with Crippen LogP contribution in [0.5, 0.6) is 0 Å². The highest BCUT2D eigenvalue weighted by atomic mass is 16.6. The van der Waals surface area contributed by atoms with Crippen LogP contribution < -0.4 is 0 Å². The smallest absolute Gasteiger partial charge is 0.436 e. The first kappa shape index (κ1) is 14.8. The Morgan fingerprint density at radius 3 is 2.23 bits per heavy atom. The summed E-state index contributed by atoms with van der Waals surface area (Å²) < 4.78 is 6.82. The maximum atomic E-state index is 12.5. The molecule has 1 heterocycles. The highest BCUT2D eigenvalue weighted by Crippen LogP contribution is 2.44. The summed E-state index contributed by atoms with van der Waals surface area (Å²) >= 11 is 0. The second-order valence-electron chi connectivity index (χ2n) is 6.29. The molecule has 5 heteroatoms. The topological polar surface area (TPSA) is 57.0 Å². The van der Waals surface area contributed by atoms with Gasteiger partial charge in [-0.25, -0.2) is 4.79 Å². The van der Waals surface area contributed by atoms with Crippen molar-refractivity contribution in [2.24, 2.45) is 0 Å². The molecule has 1 aromatic heterocycles. The number of para-hydroxylation sites is 1. The van der Waals surface area contributed by atoms with Crippen molar-refractivity contribution in [1.29, 1.82) is 0 Å². The molecule has 0 fully saturated rings. The Balaban J connectivity index is 1.44. The van der Waals surface area contributed by atoms with Crippen LogP contribution in [0.1, 0.15) is 17.0 Å². The number of hydrogen-bond acceptors (Lipinski definition) is 4. The molecule has 126 valence electrons. The van der Waals surface area contributed by atoms with Gasteiger partial charge >= 0.3 is 6.09 Å². The predicted octanol–water partition coefficient (Wildman–Crippen LogP) is 4.23. The van der Waals surface area contributed by atoms with E-state index in [0.717, 1.165) is 0 Å². The van der Waals surface area contributed by atoms with Crippen molar-refractivity contribution >= 4 is 17.1 Å². The van der Waals surface area contributed by atoms with Crippen molar-refractivity contribution in [3.8, 4) is 11.1 Å². The van der Waals surface area contributed by atoms with Gasteiger partial charge in [0.25, 0.3) is 0 Å². The van der Waals surface area contributed by atoms with Crippen LogP contribution in [-0.2, 0) is 4.74 Å². The summed E-state index contributed by atoms with van der Waals surface area (Å²) in [6.45, 7) is 0.265. The molecule has 0 bridgehead atoms. The third-order valence-corrected chi connectivity index (χ3v) is 4.86. The fourth-order valence-electron chi connectivity index (χ4n) is 3.66. The molecule has 0 saturated carbocycles. The van der Waals surface area contributed by atoms with Crippen LogP contribution in [0.4, 0.5) is 4.79 Å². The van der Waals surface area contributed by atoms with E-state index < -0.39 is 6.09 Å². The zero-order chi connectivity index (χ0) is 17.5. The first-order valence-electron chi connectivity index (χ1n) is 8.49. The average Bonchev–Trinajstić information content (AvgIpc) is 3.26. The first-order valence-corrected chi connectivity index (χ1v) is 8.49. The lowest BCUT2D eigenvalue weighted by molar-refractivity contribution is 0.142. The van der Waals surface area contributed by atoms with Crippen molar-refractivity contribution in [1.82, 2.24) is 15.0 Å². The zero-order valence-corrected chi connectivity index (χ0v) is 13.9. The van der Waals surface area contributed by atoms with Crippen molar-refractivity contribution in [3.05, 3.63) is 83.9 Å². The molecule has 0 aliphatic heterocycles. The van der Waals surface area contributed by atoms with Crippen LogP contribution >= 0.6 is 0 Å². The van der Waals surface area contributed by atoms with E-state index in [-0.39, 0.29) is 12.5 Å². The van der Waals surface area contributed by atoms with Crippen LogP contribution in [0.25, 0.3) is 22.2 Å². The van der Waals surface area contributed by atoms with Gasteiger partial charge in [-0.2, -0.15) is 0 Å². The van der Waals surface area contributed by atoms with Crippen molar-refractivity contribution in [2.45, 2.75) is 5.92 Å². The number of rotatable bonds is 2. The van der Waals surface area contributed by atoms with Gasteiger partial charge in [0, 0.05) is 5.92 Å². The molecule has 0 amide bonds. The molecular weight excluding hydrogens is 326 g/mol. The Morgan fingerprint density at radius 1 is 0.885 bits per heavy atom. The summed E-state index contributed by atoms with van der Waals surface area (Å²) in [6.07, 6.45) is -0.513. The molecule has 0 N–H and O–H groups in total. The number of aromatic nitrogens is 3. The Labute approximate surface area is 149 Å². The Kier molecular flexibility index (Phi) is 3.31. The molecule has 0 radical (unpaired) electrons. The van der Waals surface area contributed by atoms with E-state index in [0.29, 0.717) is 11.0 Å². The van der Waals surface area contributed by atoms with E-state index in [1.165, 1.54) is 26.9 Å². The third-order valence-electron chi connectivity index (χ3n) is 4.86. The maximum absolute atomic E-state index is 12.5. The molecule has 5 rings (SSSR count). The van der Waals surface area contributed by atoms with Gasteiger partial charge in [-0.05, 0) is 34.4 Å². The van der Waals surface area contributed by atoms with Gasteiger partial charge in [-0.3, -0.25) is 0 Å². The molecule has 3 aromatic carbocycles. The van der Waals surface area contributed by atoms with Gasteiger partial charge in [0.15, 0.2) is 0 Å². The van der Waals surface area contributed by atoms with Crippen LogP contribution in [-0.4, -0.2) is 27.7 Å². The number of nitrogens with zero attached hydrogens (tertiary/aromatic N) is 3. The van der Waals surface area contributed by atoms with Crippen molar-refractivity contribution < 1.29 is 9.53 Å². The Bertz CT molecular complexity index is 1090. The molecule has 5 nitrogen and oxygen atoms in total. The molecular formula is C21H15N3O2. The van der Waals surface area contributed by atoms with E-state index in [1.54, 1.807) is 6.07 Å². The minimum Gasteiger partial charge on any atom is -0.447 e. The minimum absolute atomic E-state index is 0.0288. The summed E-state index contributed by atoms with van der Waals surface area (Å²) in [7, 11) is 0. The number of carbonyl (C=O) groups is 1. The molecule has 4 aromatic rings. The lowest BCUT2D eigenvalue weighted by atomic mass is 9.98. The van der Waals surface area contributed by atoms with Gasteiger partial charge in [-0.15, -0.1) is 9.78 Å². The molecule has 0 atom stereocenters. The number of fused-ring (bicyclic) bond motifs is 4. The van der Waals surface area contributed by atoms with Crippen molar-refractivity contribution in [2.75, 3.05) is 6.61 Å². The van der Waals surface area contributed by atoms with E-state index in [1.807, 2.05) is 42.5 Å². The van der Waals surface area contributed by atoms with E-state index in [4.69, 9.17) is 4.74 Å². The van der Waals surface area contributed by atoms with E-state index in [2.05, 4.69) is 34.6 Å². The summed E-state index contributed by atoms with van der Waals surface area (Å²) in [5.41, 5.74) is 6.09. The fourth-order valence-corrected chi connectivity index (χ4v) is 3.66. The van der Waals surface area contributed by atoms with Crippen LogP contribution in [0.3, 0.4) is 0 Å². The van der Waals surface area contributed by atoms with Crippen molar-refractivity contribution in [3.63, 3.8) is 0 Å². The number of carbonyl (C=O) groups excluding carboxylic acids is 1. The molecule has 0 spiro atoms. The normalized spacial score (nSPS) is 12.8. The van der Waals surface area contributed by atoms with E-state index in [9.17, 15) is 4.79 Å². The van der Waals surface area contributed by atoms with Crippen LogP contribution in [0.2, 0.25) is 0 Å². The monoisotopic (exact) mass is 341 g/mol. The number of benzene rings is 3. The van der Waals surface area contributed by atoms with Crippen LogP contribution in [0.15, 0.2) is 72.8 Å². The van der Waals surface area contributed by atoms with Crippen LogP contribution in [0, 0.1) is 0 Å². The van der Waals surface area contributed by atoms with E-state index >= 15 is 0 Å². The third kappa shape index (κ3) is 2.21. The summed E-state index contributed by atoms with van der Waals surface area (Å²) in [5, 5.41) is 7.92. The lowest BCUT2D eigenvalue weighted by Crippen LogP contribution is -2.19. The predicted molar refractivity (Wildman–Crippen MR) is 98.0 cm³/mol. The molecule has 26 heavy (non-hydrogen) atoms. The summed E-state index contributed by atoms with van der Waals surface area (Å²) in [4.78, 5) is 12.5. The highest BCUT2D eigenvalue weighted by Gasteiger charge is 2.29. The Hall–Kier alpha value is -3.47. The van der Waals surface area contributed by atoms with Gasteiger partial charge in [-0.1, -0.05) is 65.9 Å². The Morgan fingerprint density at radius 2 is 1.50 bits per heavy atom. The second-order valence-corrected chi connectivity index (χ2v) is 6.29. The molecule has 0 unspecified atom stereocenters. The highest BCUT2D eigenvalue weighted by molar-refractivity contribution is 5.85. The number of hydrogen-bond donors (Lipinski definition) is 0. The van der Waals surface area contributed by atoms with Gasteiger partial charge in [0.05, 0.1) is 0 Å². The zero-order valence-electron chi connectivity index (χ0n) is 13.9. The quantitative estimate of drug-likeness (QED) is 0.547. The maximum Gasteiger partial charge on any atom is 0.436 e. The minimum atomic E-state index is -0.513. The fraction of sp³-hybridized carbons (Fsp3) is 0.0952. The summed E-state index contributed by atoms with van der Waals surface area (Å²) in [6, 6.07) is 23.8. The largest absolute Gasteiger partial charge is 0.447 e. The molecule has 0 saturated heterocycles. The lowest BCUT2D eigenvalue weighted by Gasteiger charge is -2.13. The van der Waals surface area contributed by atoms with Gasteiger partial charge in [0.2, 0.25) is 0 Å². The standard InChI is InChI=1S/C21H15N3O2/c25-21(24-20-12-6-5-11-19(20)22-23-24)26-13-18-16-9-3-1-7-14(16)15-8-2-4-10-17(15)18/h1-12,18H,13H2.